The molecule has 0 bridgehead atoms. The van der Waals surface area contributed by atoms with Crippen LogP contribution < -0.4 is 10.1 Å². The molecule has 0 unspecified atom stereocenters. The Bertz CT molecular complexity index is 611. The fourth-order valence-corrected chi connectivity index (χ4v) is 2.79. The van der Waals surface area contributed by atoms with Crippen LogP contribution in [0.15, 0.2) is 24.3 Å². The van der Waals surface area contributed by atoms with E-state index < -0.39 is 12.1 Å². The number of amides is 2. The third-order valence-corrected chi connectivity index (χ3v) is 4.16. The molecule has 0 aromatic heterocycles. The summed E-state index contributed by atoms with van der Waals surface area (Å²) in [6.45, 7) is -0.00164. The minimum absolute atomic E-state index is 0.000819. The average molecular weight is 358 g/mol. The van der Waals surface area contributed by atoms with Crippen LogP contribution in [0.1, 0.15) is 24.8 Å². The van der Waals surface area contributed by atoms with Gasteiger partial charge in [0.1, 0.15) is 5.75 Å². The number of carbonyl (C=O) groups is 2. The molecule has 0 saturated carbocycles. The molecule has 1 heterocycles. The lowest BCUT2D eigenvalue weighted by atomic mass is 10.0. The Hall–Kier alpha value is -2.25. The van der Waals surface area contributed by atoms with E-state index in [0.717, 1.165) is 16.2 Å². The molecule has 1 aromatic rings. The lowest BCUT2D eigenvalue weighted by Gasteiger charge is -2.32. The third kappa shape index (κ3) is 5.65. The summed E-state index contributed by atoms with van der Waals surface area (Å²) in [6.07, 6.45) is -3.35. The molecule has 1 aliphatic heterocycles. The van der Waals surface area contributed by atoms with Crippen molar-refractivity contribution in [3.8, 4) is 5.75 Å². The standard InChI is InChI=1S/C17H21F3N2O3/c1-25-14-4-2-3-12(11-14)5-6-15(23)21-13-7-9-22(10-8-13)16(24)17(18,19)20/h2-4,11,13H,5-10H2,1H3,(H,21,23). The van der Waals surface area contributed by atoms with Gasteiger partial charge in [0.15, 0.2) is 0 Å². The minimum atomic E-state index is -4.84. The Kier molecular flexibility index (Phi) is 6.27. The number of nitrogens with zero attached hydrogens (tertiary/aromatic N) is 1. The number of likely N-dealkylation sites (tertiary alicyclic amines) is 1. The first-order chi connectivity index (χ1) is 11.8. The highest BCUT2D eigenvalue weighted by atomic mass is 19.4. The maximum atomic E-state index is 12.4. The second kappa shape index (κ2) is 8.22. The van der Waals surface area contributed by atoms with Crippen molar-refractivity contribution in [2.24, 2.45) is 0 Å². The molecule has 5 nitrogen and oxygen atoms in total. The molecule has 0 radical (unpaired) electrons. The van der Waals surface area contributed by atoms with Crippen LogP contribution in [0.5, 0.6) is 5.75 Å². The Balaban J connectivity index is 1.74. The van der Waals surface area contributed by atoms with Gasteiger partial charge in [-0.3, -0.25) is 9.59 Å². The number of hydrogen-bond donors (Lipinski definition) is 1. The Labute approximate surface area is 144 Å². The smallest absolute Gasteiger partial charge is 0.471 e. The molecule has 1 aliphatic rings. The maximum absolute atomic E-state index is 12.4. The summed E-state index contributed by atoms with van der Waals surface area (Å²) in [5, 5.41) is 2.83. The number of benzene rings is 1. The molecule has 0 spiro atoms. The van der Waals surface area contributed by atoms with Gasteiger partial charge in [0.05, 0.1) is 7.11 Å². The molecule has 1 N–H and O–H groups in total. The molecule has 8 heteroatoms. The molecule has 0 atom stereocenters. The summed E-state index contributed by atoms with van der Waals surface area (Å²) < 4.78 is 42.3. The van der Waals surface area contributed by atoms with Crippen molar-refractivity contribution in [3.05, 3.63) is 29.8 Å². The normalized spacial score (nSPS) is 15.8. The fraction of sp³-hybridized carbons (Fsp3) is 0.529. The van der Waals surface area contributed by atoms with Gasteiger partial charge in [-0.1, -0.05) is 12.1 Å². The van der Waals surface area contributed by atoms with Crippen molar-refractivity contribution >= 4 is 11.8 Å². The lowest BCUT2D eigenvalue weighted by molar-refractivity contribution is -0.186. The largest absolute Gasteiger partial charge is 0.497 e. The number of carbonyl (C=O) groups excluding carboxylic acids is 2. The van der Waals surface area contributed by atoms with E-state index in [1.54, 1.807) is 7.11 Å². The van der Waals surface area contributed by atoms with E-state index in [1.165, 1.54) is 0 Å². The number of rotatable bonds is 5. The van der Waals surface area contributed by atoms with Gasteiger partial charge in [-0.05, 0) is 37.0 Å². The van der Waals surface area contributed by atoms with Crippen LogP contribution in [-0.4, -0.2) is 49.1 Å². The van der Waals surface area contributed by atoms with E-state index in [0.29, 0.717) is 19.3 Å². The number of methoxy groups -OCH3 is 1. The van der Waals surface area contributed by atoms with Crippen LogP contribution in [0.2, 0.25) is 0 Å². The Morgan fingerprint density at radius 3 is 2.56 bits per heavy atom. The number of ether oxygens (including phenoxy) is 1. The monoisotopic (exact) mass is 358 g/mol. The maximum Gasteiger partial charge on any atom is 0.471 e. The van der Waals surface area contributed by atoms with Crippen LogP contribution in [0.4, 0.5) is 13.2 Å². The lowest BCUT2D eigenvalue weighted by Crippen LogP contribution is -2.50. The molecule has 25 heavy (non-hydrogen) atoms. The predicted molar refractivity (Wildman–Crippen MR) is 85.1 cm³/mol. The number of hydrogen-bond acceptors (Lipinski definition) is 3. The van der Waals surface area contributed by atoms with E-state index in [1.807, 2.05) is 24.3 Å². The predicted octanol–water partition coefficient (Wildman–Crippen LogP) is 2.30. The first kappa shape index (κ1) is 19.1. The number of piperidine rings is 1. The SMILES string of the molecule is COc1cccc(CCC(=O)NC2CCN(C(=O)C(F)(F)F)CC2)c1. The van der Waals surface area contributed by atoms with E-state index in [-0.39, 0.29) is 31.5 Å². The average Bonchev–Trinajstić information content (AvgIpc) is 2.59. The highest BCUT2D eigenvalue weighted by molar-refractivity contribution is 5.82. The highest BCUT2D eigenvalue weighted by Gasteiger charge is 2.43. The summed E-state index contributed by atoms with van der Waals surface area (Å²) in [4.78, 5) is 24.0. The van der Waals surface area contributed by atoms with Crippen LogP contribution in [0.3, 0.4) is 0 Å². The van der Waals surface area contributed by atoms with Crippen molar-refractivity contribution in [1.82, 2.24) is 10.2 Å². The van der Waals surface area contributed by atoms with Gasteiger partial charge in [0.2, 0.25) is 5.91 Å². The van der Waals surface area contributed by atoms with Crippen molar-refractivity contribution in [3.63, 3.8) is 0 Å². The van der Waals surface area contributed by atoms with Crippen molar-refractivity contribution in [1.29, 1.82) is 0 Å². The zero-order valence-corrected chi connectivity index (χ0v) is 13.9. The topological polar surface area (TPSA) is 58.6 Å². The molecule has 1 fully saturated rings. The van der Waals surface area contributed by atoms with E-state index in [9.17, 15) is 22.8 Å². The summed E-state index contributed by atoms with van der Waals surface area (Å²) >= 11 is 0. The van der Waals surface area contributed by atoms with E-state index >= 15 is 0 Å². The summed E-state index contributed by atoms with van der Waals surface area (Å²) in [6, 6.07) is 7.22. The summed E-state index contributed by atoms with van der Waals surface area (Å²) in [5.41, 5.74) is 0.972. The zero-order chi connectivity index (χ0) is 18.4. The van der Waals surface area contributed by atoms with Gasteiger partial charge in [0.25, 0.3) is 0 Å². The van der Waals surface area contributed by atoms with E-state index in [2.05, 4.69) is 5.32 Å². The van der Waals surface area contributed by atoms with Gasteiger partial charge < -0.3 is 15.0 Å². The number of alkyl halides is 3. The first-order valence-corrected chi connectivity index (χ1v) is 8.08. The molecular weight excluding hydrogens is 337 g/mol. The minimum Gasteiger partial charge on any atom is -0.497 e. The highest BCUT2D eigenvalue weighted by Crippen LogP contribution is 2.21. The number of nitrogens with one attached hydrogen (secondary N) is 1. The summed E-state index contributed by atoms with van der Waals surface area (Å²) in [5.74, 6) is -1.24. The molecular formula is C17H21F3N2O3. The van der Waals surface area contributed by atoms with Crippen molar-refractivity contribution in [2.75, 3.05) is 20.2 Å². The third-order valence-electron chi connectivity index (χ3n) is 4.16. The second-order valence-corrected chi connectivity index (χ2v) is 5.98. The van der Waals surface area contributed by atoms with E-state index in [4.69, 9.17) is 4.74 Å². The van der Waals surface area contributed by atoms with Crippen LogP contribution in [0.25, 0.3) is 0 Å². The Morgan fingerprint density at radius 2 is 1.96 bits per heavy atom. The fourth-order valence-electron chi connectivity index (χ4n) is 2.79. The molecule has 1 aromatic carbocycles. The Morgan fingerprint density at radius 1 is 1.28 bits per heavy atom. The van der Waals surface area contributed by atoms with Crippen LogP contribution in [-0.2, 0) is 16.0 Å². The first-order valence-electron chi connectivity index (χ1n) is 8.08. The van der Waals surface area contributed by atoms with Crippen molar-refractivity contribution < 1.29 is 27.5 Å². The number of aryl methyl sites for hydroxylation is 1. The van der Waals surface area contributed by atoms with Gasteiger partial charge >= 0.3 is 12.1 Å². The van der Waals surface area contributed by atoms with Gasteiger partial charge in [-0.25, -0.2) is 0 Å². The molecule has 0 aliphatic carbocycles. The van der Waals surface area contributed by atoms with Gasteiger partial charge in [0, 0.05) is 25.6 Å². The van der Waals surface area contributed by atoms with Crippen LogP contribution in [0, 0.1) is 0 Å². The van der Waals surface area contributed by atoms with Crippen LogP contribution >= 0.6 is 0 Å². The summed E-state index contributed by atoms with van der Waals surface area (Å²) in [7, 11) is 1.57. The zero-order valence-electron chi connectivity index (χ0n) is 13.9. The van der Waals surface area contributed by atoms with Gasteiger partial charge in [-0.15, -0.1) is 0 Å². The molecule has 2 rings (SSSR count). The van der Waals surface area contributed by atoms with Crippen molar-refractivity contribution in [2.45, 2.75) is 37.9 Å². The van der Waals surface area contributed by atoms with Gasteiger partial charge in [-0.2, -0.15) is 13.2 Å². The molecule has 1 saturated heterocycles. The second-order valence-electron chi connectivity index (χ2n) is 5.98. The quantitative estimate of drug-likeness (QED) is 0.879. The number of halogens is 3. The molecule has 138 valence electrons. The molecule has 2 amide bonds.